The molecular weight excluding hydrogens is 366 g/mol. The van der Waals surface area contributed by atoms with E-state index >= 15 is 0 Å². The monoisotopic (exact) mass is 407 g/mol. The fourth-order valence-electron chi connectivity index (χ4n) is 4.57. The topological polar surface area (TPSA) is 69.7 Å². The molecule has 0 radical (unpaired) electrons. The number of piperidine rings is 1. The van der Waals surface area contributed by atoms with Crippen LogP contribution in [0.15, 0.2) is 0 Å². The van der Waals surface area contributed by atoms with Gasteiger partial charge in [-0.1, -0.05) is 34.6 Å². The zero-order chi connectivity index (χ0) is 21.6. The fourth-order valence-corrected chi connectivity index (χ4v) is 4.57. The summed E-state index contributed by atoms with van der Waals surface area (Å²) >= 11 is 0. The summed E-state index contributed by atoms with van der Waals surface area (Å²) in [4.78, 5) is 40.9. The molecule has 6 heteroatoms. The lowest BCUT2D eigenvalue weighted by Crippen LogP contribution is -2.58. The number of piperazine rings is 1. The van der Waals surface area contributed by atoms with Gasteiger partial charge in [-0.05, 0) is 43.9 Å². The predicted molar refractivity (Wildman–Crippen MR) is 115 cm³/mol. The first-order chi connectivity index (χ1) is 13.6. The van der Waals surface area contributed by atoms with Crippen LogP contribution in [0.3, 0.4) is 0 Å². The smallest absolute Gasteiger partial charge is 0.242 e. The molecule has 2 aliphatic heterocycles. The Labute approximate surface area is 176 Å². The molecule has 0 aromatic rings. The SMILES string of the molecule is CC(C)C.CC(C)CC1NCCN(CC(=O)N2CCC3(CCCC3=O)CC2)C1=O. The van der Waals surface area contributed by atoms with Crippen LogP contribution in [0, 0.1) is 17.3 Å². The molecule has 166 valence electrons. The number of amides is 2. The van der Waals surface area contributed by atoms with Crippen molar-refractivity contribution >= 4 is 17.6 Å². The lowest BCUT2D eigenvalue weighted by atomic mass is 9.76. The van der Waals surface area contributed by atoms with Gasteiger partial charge in [0.1, 0.15) is 5.78 Å². The van der Waals surface area contributed by atoms with E-state index in [1.54, 1.807) is 4.90 Å². The van der Waals surface area contributed by atoms with Crippen LogP contribution in [0.1, 0.15) is 73.1 Å². The standard InChI is InChI=1S/C19H31N3O3.C4H10/c1-14(2)12-15-18(25)22(11-8-20-15)13-17(24)21-9-6-19(7-10-21)5-3-4-16(19)23;1-4(2)3/h14-15,20H,3-13H2,1-2H3;4H,1-3H3. The van der Waals surface area contributed by atoms with Crippen molar-refractivity contribution in [1.82, 2.24) is 15.1 Å². The van der Waals surface area contributed by atoms with E-state index in [2.05, 4.69) is 39.9 Å². The van der Waals surface area contributed by atoms with Gasteiger partial charge in [-0.2, -0.15) is 0 Å². The highest BCUT2D eigenvalue weighted by Crippen LogP contribution is 2.43. The van der Waals surface area contributed by atoms with E-state index in [1.807, 2.05) is 4.90 Å². The first-order valence-corrected chi connectivity index (χ1v) is 11.5. The Morgan fingerprint density at radius 1 is 1.07 bits per heavy atom. The minimum atomic E-state index is -0.165. The average Bonchev–Trinajstić information content (AvgIpc) is 2.98. The Hall–Kier alpha value is -1.43. The molecule has 0 aromatic carbocycles. The molecule has 6 nitrogen and oxygen atoms in total. The molecule has 2 saturated heterocycles. The Balaban J connectivity index is 0.000000687. The van der Waals surface area contributed by atoms with Crippen LogP contribution in [0.25, 0.3) is 0 Å². The summed E-state index contributed by atoms with van der Waals surface area (Å²) in [5, 5.41) is 3.27. The molecule has 0 bridgehead atoms. The summed E-state index contributed by atoms with van der Waals surface area (Å²) in [5.74, 6) is 1.75. The van der Waals surface area contributed by atoms with Crippen molar-refractivity contribution in [2.45, 2.75) is 79.2 Å². The predicted octanol–water partition coefficient (Wildman–Crippen LogP) is 2.86. The van der Waals surface area contributed by atoms with Gasteiger partial charge in [-0.3, -0.25) is 14.4 Å². The third-order valence-electron chi connectivity index (χ3n) is 6.14. The van der Waals surface area contributed by atoms with Gasteiger partial charge in [-0.15, -0.1) is 0 Å². The molecule has 1 atom stereocenters. The first-order valence-electron chi connectivity index (χ1n) is 11.5. The number of carbonyl (C=O) groups excluding carboxylic acids is 3. The van der Waals surface area contributed by atoms with Crippen molar-refractivity contribution < 1.29 is 14.4 Å². The summed E-state index contributed by atoms with van der Waals surface area (Å²) < 4.78 is 0. The number of nitrogens with one attached hydrogen (secondary N) is 1. The van der Waals surface area contributed by atoms with Gasteiger partial charge in [-0.25, -0.2) is 0 Å². The zero-order valence-electron chi connectivity index (χ0n) is 19.1. The molecule has 3 rings (SSSR count). The molecule has 2 heterocycles. The van der Waals surface area contributed by atoms with Crippen LogP contribution in [0.5, 0.6) is 0 Å². The summed E-state index contributed by atoms with van der Waals surface area (Å²) in [7, 11) is 0. The van der Waals surface area contributed by atoms with Crippen LogP contribution in [0.4, 0.5) is 0 Å². The fraction of sp³-hybridized carbons (Fsp3) is 0.870. The number of likely N-dealkylation sites (tertiary alicyclic amines) is 1. The number of hydrogen-bond donors (Lipinski definition) is 1. The maximum absolute atomic E-state index is 12.7. The highest BCUT2D eigenvalue weighted by molar-refractivity contribution is 5.89. The van der Waals surface area contributed by atoms with Crippen molar-refractivity contribution in [3.8, 4) is 0 Å². The molecule has 3 fully saturated rings. The van der Waals surface area contributed by atoms with E-state index < -0.39 is 0 Å². The minimum Gasteiger partial charge on any atom is -0.341 e. The first kappa shape index (κ1) is 23.8. The molecule has 3 aliphatic rings. The molecule has 2 amide bonds. The van der Waals surface area contributed by atoms with Gasteiger partial charge >= 0.3 is 0 Å². The Morgan fingerprint density at radius 2 is 1.69 bits per heavy atom. The molecule has 29 heavy (non-hydrogen) atoms. The van der Waals surface area contributed by atoms with E-state index in [9.17, 15) is 14.4 Å². The van der Waals surface area contributed by atoms with E-state index in [0.717, 1.165) is 44.6 Å². The van der Waals surface area contributed by atoms with E-state index in [0.29, 0.717) is 37.8 Å². The molecule has 1 N–H and O–H groups in total. The van der Waals surface area contributed by atoms with Crippen molar-refractivity contribution in [3.63, 3.8) is 0 Å². The third-order valence-corrected chi connectivity index (χ3v) is 6.14. The van der Waals surface area contributed by atoms with Gasteiger partial charge in [0, 0.05) is 38.0 Å². The van der Waals surface area contributed by atoms with E-state index in [1.165, 1.54) is 0 Å². The third kappa shape index (κ3) is 6.53. The number of Topliss-reactive ketones (excluding diaryl/α,β-unsaturated/α-hetero) is 1. The zero-order valence-corrected chi connectivity index (χ0v) is 19.1. The second-order valence-electron chi connectivity index (χ2n) is 10.1. The van der Waals surface area contributed by atoms with Crippen molar-refractivity contribution in [1.29, 1.82) is 0 Å². The van der Waals surface area contributed by atoms with Crippen LogP contribution >= 0.6 is 0 Å². The highest BCUT2D eigenvalue weighted by Gasteiger charge is 2.44. The normalized spacial score (nSPS) is 24.3. The van der Waals surface area contributed by atoms with Crippen LogP contribution in [-0.2, 0) is 14.4 Å². The van der Waals surface area contributed by atoms with Gasteiger partial charge in [0.25, 0.3) is 0 Å². The van der Waals surface area contributed by atoms with Crippen LogP contribution in [-0.4, -0.2) is 66.2 Å². The molecule has 1 saturated carbocycles. The summed E-state index contributed by atoms with van der Waals surface area (Å²) in [6, 6.07) is -0.165. The molecular formula is C23H41N3O3. The van der Waals surface area contributed by atoms with Crippen molar-refractivity contribution in [2.24, 2.45) is 17.3 Å². The van der Waals surface area contributed by atoms with Crippen LogP contribution in [0.2, 0.25) is 0 Å². The Morgan fingerprint density at radius 3 is 2.21 bits per heavy atom. The Bertz CT molecular complexity index is 577. The quantitative estimate of drug-likeness (QED) is 0.778. The molecule has 1 unspecified atom stereocenters. The number of carbonyl (C=O) groups is 3. The average molecular weight is 408 g/mol. The summed E-state index contributed by atoms with van der Waals surface area (Å²) in [6.07, 6.45) is 5.09. The molecule has 1 aliphatic carbocycles. The molecule has 0 aromatic heterocycles. The van der Waals surface area contributed by atoms with E-state index in [-0.39, 0.29) is 29.8 Å². The number of nitrogens with zero attached hydrogens (tertiary/aromatic N) is 2. The van der Waals surface area contributed by atoms with Crippen molar-refractivity contribution in [2.75, 3.05) is 32.7 Å². The maximum atomic E-state index is 12.7. The number of rotatable bonds is 4. The lowest BCUT2D eigenvalue weighted by molar-refractivity contribution is -0.145. The Kier molecular flexibility index (Phi) is 8.68. The van der Waals surface area contributed by atoms with Gasteiger partial charge in [0.2, 0.25) is 11.8 Å². The van der Waals surface area contributed by atoms with Gasteiger partial charge in [0.15, 0.2) is 0 Å². The second kappa shape index (κ2) is 10.6. The van der Waals surface area contributed by atoms with E-state index in [4.69, 9.17) is 0 Å². The summed E-state index contributed by atoms with van der Waals surface area (Å²) in [6.45, 7) is 13.5. The minimum absolute atomic E-state index is 0.0267. The maximum Gasteiger partial charge on any atom is 0.242 e. The number of ketones is 1. The highest BCUT2D eigenvalue weighted by atomic mass is 16.2. The number of hydrogen-bond acceptors (Lipinski definition) is 4. The van der Waals surface area contributed by atoms with Crippen molar-refractivity contribution in [3.05, 3.63) is 0 Å². The van der Waals surface area contributed by atoms with Gasteiger partial charge in [0.05, 0.1) is 12.6 Å². The largest absolute Gasteiger partial charge is 0.341 e. The second-order valence-corrected chi connectivity index (χ2v) is 10.1. The van der Waals surface area contributed by atoms with Gasteiger partial charge < -0.3 is 15.1 Å². The molecule has 1 spiro atoms. The lowest BCUT2D eigenvalue weighted by Gasteiger charge is -2.40. The summed E-state index contributed by atoms with van der Waals surface area (Å²) in [5.41, 5.74) is -0.149. The van der Waals surface area contributed by atoms with Crippen LogP contribution < -0.4 is 5.32 Å².